The minimum atomic E-state index is 0.543. The van der Waals surface area contributed by atoms with E-state index in [2.05, 4.69) is 35.8 Å². The number of hydrogen-bond donors (Lipinski definition) is 2. The van der Waals surface area contributed by atoms with Crippen LogP contribution in [0.2, 0.25) is 0 Å². The Morgan fingerprint density at radius 1 is 1.40 bits per heavy atom. The topological polar surface area (TPSA) is 33.3 Å². The maximum Gasteiger partial charge on any atom is 0.119 e. The highest BCUT2D eigenvalue weighted by molar-refractivity contribution is 5.28. The van der Waals surface area contributed by atoms with Crippen molar-refractivity contribution in [1.29, 1.82) is 0 Å². The van der Waals surface area contributed by atoms with Gasteiger partial charge < -0.3 is 15.4 Å². The summed E-state index contributed by atoms with van der Waals surface area (Å²) in [4.78, 5) is 0. The molecule has 3 nitrogen and oxygen atoms in total. The molecular weight excluding hydrogens is 248 g/mol. The Bertz CT molecular complexity index is 388. The first-order chi connectivity index (χ1) is 9.78. The third-order valence-corrected chi connectivity index (χ3v) is 3.91. The van der Waals surface area contributed by atoms with Crippen LogP contribution in [0.5, 0.6) is 5.75 Å². The summed E-state index contributed by atoms with van der Waals surface area (Å²) < 4.78 is 5.54. The van der Waals surface area contributed by atoms with Crippen LogP contribution in [-0.4, -0.2) is 25.2 Å². The molecular formula is C17H28N2O. The van der Waals surface area contributed by atoms with Gasteiger partial charge in [-0.1, -0.05) is 18.6 Å². The van der Waals surface area contributed by atoms with E-state index in [1.165, 1.54) is 37.8 Å². The molecule has 0 aromatic heterocycles. The molecule has 2 rings (SSSR count). The Kier molecular flexibility index (Phi) is 6.34. The molecule has 1 heterocycles. The highest BCUT2D eigenvalue weighted by Crippen LogP contribution is 2.15. The van der Waals surface area contributed by atoms with Crippen molar-refractivity contribution in [1.82, 2.24) is 10.6 Å². The Hall–Kier alpha value is -1.06. The van der Waals surface area contributed by atoms with E-state index in [0.717, 1.165) is 18.9 Å². The molecule has 1 aliphatic rings. The van der Waals surface area contributed by atoms with Gasteiger partial charge >= 0.3 is 0 Å². The van der Waals surface area contributed by atoms with Crippen molar-refractivity contribution < 1.29 is 4.74 Å². The zero-order chi connectivity index (χ0) is 14.2. The molecule has 0 amide bonds. The van der Waals surface area contributed by atoms with Crippen molar-refractivity contribution >= 4 is 0 Å². The van der Waals surface area contributed by atoms with Gasteiger partial charge in [-0.15, -0.1) is 0 Å². The van der Waals surface area contributed by atoms with Gasteiger partial charge in [0.15, 0.2) is 0 Å². The summed E-state index contributed by atoms with van der Waals surface area (Å²) in [6.07, 6.45) is 5.25. The fraction of sp³-hybridized carbons (Fsp3) is 0.647. The molecule has 0 spiro atoms. The van der Waals surface area contributed by atoms with E-state index >= 15 is 0 Å². The number of nitrogens with one attached hydrogen (secondary N) is 2. The molecule has 20 heavy (non-hydrogen) atoms. The summed E-state index contributed by atoms with van der Waals surface area (Å²) in [5.74, 6) is 0.966. The molecule has 112 valence electrons. The van der Waals surface area contributed by atoms with E-state index in [9.17, 15) is 0 Å². The van der Waals surface area contributed by atoms with Crippen LogP contribution in [0.25, 0.3) is 0 Å². The zero-order valence-corrected chi connectivity index (χ0v) is 12.8. The maximum atomic E-state index is 5.54. The third-order valence-electron chi connectivity index (χ3n) is 3.91. The van der Waals surface area contributed by atoms with E-state index in [0.29, 0.717) is 12.1 Å². The summed E-state index contributed by atoms with van der Waals surface area (Å²) in [5, 5.41) is 7.23. The molecule has 1 saturated heterocycles. The average molecular weight is 276 g/mol. The second kappa shape index (κ2) is 8.28. The second-order valence-electron chi connectivity index (χ2n) is 5.74. The fourth-order valence-corrected chi connectivity index (χ4v) is 2.84. The van der Waals surface area contributed by atoms with Crippen LogP contribution >= 0.6 is 0 Å². The minimum Gasteiger partial charge on any atom is -0.494 e. The summed E-state index contributed by atoms with van der Waals surface area (Å²) in [5.41, 5.74) is 1.29. The lowest BCUT2D eigenvalue weighted by Crippen LogP contribution is -2.39. The molecule has 2 atom stereocenters. The van der Waals surface area contributed by atoms with Crippen molar-refractivity contribution in [2.24, 2.45) is 0 Å². The SMILES string of the molecule is CCOc1cccc(CNC(C)CC2CCCCN2)c1. The van der Waals surface area contributed by atoms with Gasteiger partial charge in [-0.2, -0.15) is 0 Å². The number of rotatable bonds is 7. The number of piperidine rings is 1. The van der Waals surface area contributed by atoms with E-state index in [1.807, 2.05) is 13.0 Å². The van der Waals surface area contributed by atoms with Gasteiger partial charge in [-0.05, 0) is 57.4 Å². The van der Waals surface area contributed by atoms with Crippen LogP contribution in [0.4, 0.5) is 0 Å². The van der Waals surface area contributed by atoms with Gasteiger partial charge in [-0.3, -0.25) is 0 Å². The Morgan fingerprint density at radius 2 is 2.30 bits per heavy atom. The second-order valence-corrected chi connectivity index (χ2v) is 5.74. The number of hydrogen-bond acceptors (Lipinski definition) is 3. The zero-order valence-electron chi connectivity index (χ0n) is 12.8. The predicted octanol–water partition coefficient (Wildman–Crippen LogP) is 3.10. The molecule has 1 fully saturated rings. The van der Waals surface area contributed by atoms with Gasteiger partial charge in [0.05, 0.1) is 6.61 Å². The molecule has 0 bridgehead atoms. The van der Waals surface area contributed by atoms with Crippen molar-refractivity contribution in [3.8, 4) is 5.75 Å². The quantitative estimate of drug-likeness (QED) is 0.803. The van der Waals surface area contributed by atoms with Crippen LogP contribution in [0.15, 0.2) is 24.3 Å². The maximum absolute atomic E-state index is 5.54. The fourth-order valence-electron chi connectivity index (χ4n) is 2.84. The van der Waals surface area contributed by atoms with Crippen molar-refractivity contribution in [3.05, 3.63) is 29.8 Å². The van der Waals surface area contributed by atoms with Crippen LogP contribution in [0, 0.1) is 0 Å². The summed E-state index contributed by atoms with van der Waals surface area (Å²) in [6, 6.07) is 9.60. The highest BCUT2D eigenvalue weighted by Gasteiger charge is 2.15. The molecule has 1 aromatic rings. The minimum absolute atomic E-state index is 0.543. The van der Waals surface area contributed by atoms with Crippen molar-refractivity contribution in [3.63, 3.8) is 0 Å². The van der Waals surface area contributed by atoms with Gasteiger partial charge in [0, 0.05) is 18.6 Å². The summed E-state index contributed by atoms with van der Waals surface area (Å²) in [6.45, 7) is 7.12. The van der Waals surface area contributed by atoms with Gasteiger partial charge in [0.1, 0.15) is 5.75 Å². The lowest BCUT2D eigenvalue weighted by Gasteiger charge is -2.26. The van der Waals surface area contributed by atoms with Crippen molar-refractivity contribution in [2.75, 3.05) is 13.2 Å². The molecule has 2 unspecified atom stereocenters. The van der Waals surface area contributed by atoms with E-state index < -0.39 is 0 Å². The van der Waals surface area contributed by atoms with Crippen molar-refractivity contribution in [2.45, 2.75) is 58.2 Å². The van der Waals surface area contributed by atoms with E-state index in [-0.39, 0.29) is 0 Å². The van der Waals surface area contributed by atoms with E-state index in [4.69, 9.17) is 4.74 Å². The molecule has 1 aliphatic heterocycles. The number of ether oxygens (including phenoxy) is 1. The standard InChI is InChI=1S/C17H28N2O/c1-3-20-17-9-6-7-15(12-17)13-19-14(2)11-16-8-4-5-10-18-16/h6-7,9,12,14,16,18-19H,3-5,8,10-11,13H2,1-2H3. The normalized spacial score (nSPS) is 20.6. The van der Waals surface area contributed by atoms with Gasteiger partial charge in [0.25, 0.3) is 0 Å². The van der Waals surface area contributed by atoms with Crippen LogP contribution in [-0.2, 0) is 6.54 Å². The smallest absolute Gasteiger partial charge is 0.119 e. The first-order valence-corrected chi connectivity index (χ1v) is 7.96. The first kappa shape index (κ1) is 15.3. The number of benzene rings is 1. The lowest BCUT2D eigenvalue weighted by molar-refractivity contribution is 0.338. The largest absolute Gasteiger partial charge is 0.494 e. The van der Waals surface area contributed by atoms with Gasteiger partial charge in [0.2, 0.25) is 0 Å². The molecule has 1 aromatic carbocycles. The monoisotopic (exact) mass is 276 g/mol. The van der Waals surface area contributed by atoms with Crippen LogP contribution in [0.3, 0.4) is 0 Å². The first-order valence-electron chi connectivity index (χ1n) is 7.96. The van der Waals surface area contributed by atoms with Crippen LogP contribution in [0.1, 0.15) is 45.1 Å². The third kappa shape index (κ3) is 5.14. The Morgan fingerprint density at radius 3 is 3.05 bits per heavy atom. The Balaban J connectivity index is 1.74. The van der Waals surface area contributed by atoms with Crippen LogP contribution < -0.4 is 15.4 Å². The molecule has 0 saturated carbocycles. The summed E-state index contributed by atoms with van der Waals surface area (Å²) >= 11 is 0. The molecule has 2 N–H and O–H groups in total. The predicted molar refractivity (Wildman–Crippen MR) is 84.2 cm³/mol. The lowest BCUT2D eigenvalue weighted by atomic mass is 9.99. The van der Waals surface area contributed by atoms with Gasteiger partial charge in [-0.25, -0.2) is 0 Å². The molecule has 0 radical (unpaired) electrons. The summed E-state index contributed by atoms with van der Waals surface area (Å²) in [7, 11) is 0. The average Bonchev–Trinajstić information content (AvgIpc) is 2.47. The van der Waals surface area contributed by atoms with E-state index in [1.54, 1.807) is 0 Å². The highest BCUT2D eigenvalue weighted by atomic mass is 16.5. The molecule has 3 heteroatoms. The Labute approximate surface area is 123 Å². The molecule has 0 aliphatic carbocycles.